The molecule has 2 saturated heterocycles. The van der Waals surface area contributed by atoms with E-state index in [1.807, 2.05) is 47.4 Å². The highest BCUT2D eigenvalue weighted by Crippen LogP contribution is 2.42. The predicted octanol–water partition coefficient (Wildman–Crippen LogP) is 5.18. The summed E-state index contributed by atoms with van der Waals surface area (Å²) in [6, 6.07) is 23.5. The van der Waals surface area contributed by atoms with Crippen LogP contribution in [0.25, 0.3) is 0 Å². The third-order valence-electron chi connectivity index (χ3n) is 9.00. The Morgan fingerprint density at radius 2 is 1.57 bits per heavy atom. The van der Waals surface area contributed by atoms with Crippen LogP contribution in [0.15, 0.2) is 77.7 Å². The summed E-state index contributed by atoms with van der Waals surface area (Å²) in [5.41, 5.74) is 5.27. The molecule has 0 radical (unpaired) electrons. The Morgan fingerprint density at radius 1 is 0.900 bits per heavy atom. The normalized spacial score (nSPS) is 22.1. The van der Waals surface area contributed by atoms with Crippen LogP contribution >= 0.6 is 0 Å². The maximum atomic E-state index is 14.2. The van der Waals surface area contributed by atoms with Crippen LogP contribution in [0.2, 0.25) is 0 Å². The fraction of sp³-hybridized carbons (Fsp3) is 0.424. The molecule has 2 heterocycles. The van der Waals surface area contributed by atoms with Gasteiger partial charge in [0.15, 0.2) is 0 Å². The zero-order valence-corrected chi connectivity index (χ0v) is 25.0. The molecule has 0 N–H and O–H groups in total. The average Bonchev–Trinajstić information content (AvgIpc) is 3.34. The smallest absolute Gasteiger partial charge is 0.243 e. The molecular weight excluding hydrogens is 518 g/mol. The van der Waals surface area contributed by atoms with Crippen LogP contribution in [0.4, 0.5) is 5.69 Å². The van der Waals surface area contributed by atoms with Crippen LogP contribution in [-0.4, -0.2) is 62.8 Å². The Balaban J connectivity index is 1.39. The fourth-order valence-electron chi connectivity index (χ4n) is 6.32. The Labute approximate surface area is 239 Å². The van der Waals surface area contributed by atoms with Crippen LogP contribution in [-0.2, 0) is 26.7 Å². The van der Waals surface area contributed by atoms with Gasteiger partial charge in [-0.15, -0.1) is 0 Å². The highest BCUT2D eigenvalue weighted by Gasteiger charge is 2.52. The molecule has 7 heteroatoms. The van der Waals surface area contributed by atoms with Gasteiger partial charge in [-0.3, -0.25) is 4.79 Å². The van der Waals surface area contributed by atoms with Gasteiger partial charge >= 0.3 is 0 Å². The molecule has 0 aliphatic carbocycles. The maximum Gasteiger partial charge on any atom is 0.243 e. The monoisotopic (exact) mass is 559 g/mol. The minimum Gasteiger partial charge on any atom is -0.368 e. The fourth-order valence-corrected chi connectivity index (χ4v) is 7.89. The molecule has 0 saturated carbocycles. The van der Waals surface area contributed by atoms with E-state index in [1.54, 1.807) is 12.1 Å². The van der Waals surface area contributed by atoms with Gasteiger partial charge in [0, 0.05) is 50.4 Å². The standard InChI is InChI=1S/C33H41N3O3S/c1-5-10-27-15-17-29(18-16-27)40(38,39)36-23-30(33(4,24-36)28-12-7-6-8-13-28)32(37)35-21-19-34(20-22-35)31-14-9-11-25(2)26(31)3/h6-9,11-18,30H,5,10,19-24H2,1-4H3/t30-,33?/m0/s1. The summed E-state index contributed by atoms with van der Waals surface area (Å²) in [4.78, 5) is 18.8. The molecule has 2 aliphatic heterocycles. The number of benzene rings is 3. The molecule has 2 atom stereocenters. The molecule has 2 aliphatic rings. The first-order valence-electron chi connectivity index (χ1n) is 14.4. The van der Waals surface area contributed by atoms with E-state index in [0.717, 1.165) is 37.1 Å². The van der Waals surface area contributed by atoms with Crippen LogP contribution < -0.4 is 4.90 Å². The van der Waals surface area contributed by atoms with Gasteiger partial charge in [-0.2, -0.15) is 4.31 Å². The van der Waals surface area contributed by atoms with Crippen molar-refractivity contribution in [2.45, 2.75) is 50.8 Å². The zero-order chi connectivity index (χ0) is 28.5. The quantitative estimate of drug-likeness (QED) is 0.400. The first-order valence-corrected chi connectivity index (χ1v) is 15.8. The molecule has 40 heavy (non-hydrogen) atoms. The zero-order valence-electron chi connectivity index (χ0n) is 24.1. The van der Waals surface area contributed by atoms with Crippen molar-refractivity contribution in [3.63, 3.8) is 0 Å². The van der Waals surface area contributed by atoms with Gasteiger partial charge in [0.25, 0.3) is 0 Å². The van der Waals surface area contributed by atoms with Gasteiger partial charge in [0.1, 0.15) is 0 Å². The Bertz CT molecular complexity index is 1450. The van der Waals surface area contributed by atoms with Gasteiger partial charge in [-0.05, 0) is 60.7 Å². The summed E-state index contributed by atoms with van der Waals surface area (Å²) in [5.74, 6) is -0.417. The van der Waals surface area contributed by atoms with Gasteiger partial charge in [0.2, 0.25) is 15.9 Å². The Kier molecular flexibility index (Phi) is 8.07. The lowest BCUT2D eigenvalue weighted by Crippen LogP contribution is -2.53. The molecule has 6 nitrogen and oxygen atoms in total. The summed E-state index contributed by atoms with van der Waals surface area (Å²) in [6.45, 7) is 11.7. The highest BCUT2D eigenvalue weighted by molar-refractivity contribution is 7.89. The molecule has 1 unspecified atom stereocenters. The van der Waals surface area contributed by atoms with Gasteiger partial charge in [-0.25, -0.2) is 8.42 Å². The molecule has 0 aromatic heterocycles. The number of sulfonamides is 1. The maximum absolute atomic E-state index is 14.2. The number of carbonyl (C=O) groups is 1. The number of piperazine rings is 1. The van der Waals surface area contributed by atoms with E-state index in [1.165, 1.54) is 21.1 Å². The molecule has 2 fully saturated rings. The van der Waals surface area contributed by atoms with Crippen molar-refractivity contribution in [1.29, 1.82) is 0 Å². The number of hydrogen-bond donors (Lipinski definition) is 0. The van der Waals surface area contributed by atoms with Crippen LogP contribution in [0.3, 0.4) is 0 Å². The molecule has 1 amide bonds. The summed E-state index contributed by atoms with van der Waals surface area (Å²) >= 11 is 0. The van der Waals surface area contributed by atoms with E-state index in [9.17, 15) is 13.2 Å². The molecule has 3 aromatic rings. The van der Waals surface area contributed by atoms with Crippen molar-refractivity contribution in [1.82, 2.24) is 9.21 Å². The van der Waals surface area contributed by atoms with Crippen molar-refractivity contribution < 1.29 is 13.2 Å². The number of rotatable bonds is 7. The number of aryl methyl sites for hydroxylation is 2. The number of carbonyl (C=O) groups excluding carboxylic acids is 1. The lowest BCUT2D eigenvalue weighted by atomic mass is 9.73. The molecule has 0 spiro atoms. The van der Waals surface area contributed by atoms with E-state index in [-0.39, 0.29) is 23.9 Å². The minimum atomic E-state index is -3.75. The molecule has 5 rings (SSSR count). The highest BCUT2D eigenvalue weighted by atomic mass is 32.2. The number of anilines is 1. The van der Waals surface area contributed by atoms with Crippen molar-refractivity contribution in [3.8, 4) is 0 Å². The minimum absolute atomic E-state index is 0.0444. The van der Waals surface area contributed by atoms with Crippen LogP contribution in [0.5, 0.6) is 0 Å². The second-order valence-electron chi connectivity index (χ2n) is 11.6. The lowest BCUT2D eigenvalue weighted by Gasteiger charge is -2.40. The van der Waals surface area contributed by atoms with Crippen LogP contribution in [0, 0.1) is 19.8 Å². The van der Waals surface area contributed by atoms with Gasteiger partial charge in [0.05, 0.1) is 10.8 Å². The molecular formula is C33H41N3O3S. The SMILES string of the molecule is CCCc1ccc(S(=O)(=O)N2C[C@@H](C(=O)N3CCN(c4cccc(C)c4C)CC3)C(C)(c3ccccc3)C2)cc1. The summed E-state index contributed by atoms with van der Waals surface area (Å²) < 4.78 is 29.2. The van der Waals surface area contributed by atoms with Crippen molar-refractivity contribution in [2.24, 2.45) is 5.92 Å². The van der Waals surface area contributed by atoms with E-state index >= 15 is 0 Å². The van der Waals surface area contributed by atoms with Gasteiger partial charge in [-0.1, -0.05) is 74.9 Å². The summed E-state index contributed by atoms with van der Waals surface area (Å²) in [6.07, 6.45) is 1.93. The number of amides is 1. The van der Waals surface area contributed by atoms with E-state index in [4.69, 9.17) is 0 Å². The van der Waals surface area contributed by atoms with Gasteiger partial charge < -0.3 is 9.80 Å². The van der Waals surface area contributed by atoms with Crippen molar-refractivity contribution in [2.75, 3.05) is 44.2 Å². The molecule has 0 bridgehead atoms. The topological polar surface area (TPSA) is 60.9 Å². The third-order valence-corrected chi connectivity index (χ3v) is 10.8. The first-order chi connectivity index (χ1) is 19.1. The summed E-state index contributed by atoms with van der Waals surface area (Å²) in [5, 5.41) is 0. The largest absolute Gasteiger partial charge is 0.368 e. The van der Waals surface area contributed by atoms with E-state index in [0.29, 0.717) is 13.1 Å². The average molecular weight is 560 g/mol. The number of hydrogen-bond acceptors (Lipinski definition) is 4. The second kappa shape index (κ2) is 11.4. The second-order valence-corrected chi connectivity index (χ2v) is 13.5. The van der Waals surface area contributed by atoms with E-state index < -0.39 is 21.4 Å². The number of nitrogens with zero attached hydrogens (tertiary/aromatic N) is 3. The first kappa shape index (κ1) is 28.4. The molecule has 3 aromatic carbocycles. The molecule has 212 valence electrons. The summed E-state index contributed by atoms with van der Waals surface area (Å²) in [7, 11) is -3.75. The van der Waals surface area contributed by atoms with E-state index in [2.05, 4.69) is 50.8 Å². The lowest BCUT2D eigenvalue weighted by molar-refractivity contribution is -0.136. The van der Waals surface area contributed by atoms with Crippen LogP contribution in [0.1, 0.15) is 42.5 Å². The Morgan fingerprint density at radius 3 is 2.23 bits per heavy atom. The van der Waals surface area contributed by atoms with Crippen molar-refractivity contribution in [3.05, 3.63) is 95.1 Å². The van der Waals surface area contributed by atoms with Crippen molar-refractivity contribution >= 4 is 21.6 Å². The third kappa shape index (κ3) is 5.29. The Hall–Kier alpha value is -3.16. The predicted molar refractivity (Wildman–Crippen MR) is 161 cm³/mol.